The summed E-state index contributed by atoms with van der Waals surface area (Å²) in [5.74, 6) is 1.76. The largest absolute Gasteiger partial charge is 0.494 e. The van der Waals surface area contributed by atoms with E-state index in [1.54, 1.807) is 0 Å². The smallest absolute Gasteiger partial charge is 0.196 e. The summed E-state index contributed by atoms with van der Waals surface area (Å²) in [4.78, 5) is 0. The Balaban J connectivity index is 1.97. The van der Waals surface area contributed by atoms with Crippen LogP contribution < -0.4 is 4.74 Å². The van der Waals surface area contributed by atoms with Crippen molar-refractivity contribution in [2.75, 3.05) is 6.61 Å². The first-order valence-corrected chi connectivity index (χ1v) is 7.77. The monoisotopic (exact) mass is 301 g/mol. The Morgan fingerprint density at radius 1 is 1.38 bits per heavy atom. The zero-order chi connectivity index (χ0) is 14.7. The van der Waals surface area contributed by atoms with Crippen molar-refractivity contribution >= 4 is 12.2 Å². The molecule has 1 unspecified atom stereocenters. The fourth-order valence-corrected chi connectivity index (χ4v) is 2.96. The number of aromatic nitrogens is 3. The van der Waals surface area contributed by atoms with Crippen molar-refractivity contribution in [2.24, 2.45) is 0 Å². The predicted molar refractivity (Wildman–Crippen MR) is 86.0 cm³/mol. The summed E-state index contributed by atoms with van der Waals surface area (Å²) < 4.78 is 8.27. The number of nitrogens with one attached hydrogen (secondary N) is 1. The van der Waals surface area contributed by atoms with Crippen LogP contribution in [0.1, 0.15) is 32.2 Å². The number of rotatable bonds is 4. The van der Waals surface area contributed by atoms with Crippen LogP contribution in [0, 0.1) is 4.77 Å². The van der Waals surface area contributed by atoms with E-state index >= 15 is 0 Å². The molecule has 5 heteroatoms. The van der Waals surface area contributed by atoms with E-state index in [1.807, 2.05) is 31.2 Å². The average molecular weight is 301 g/mol. The molecule has 0 saturated carbocycles. The van der Waals surface area contributed by atoms with Gasteiger partial charge in [-0.1, -0.05) is 12.2 Å². The molecule has 1 aromatic carbocycles. The first-order valence-electron chi connectivity index (χ1n) is 7.36. The number of ether oxygens (including phenoxy) is 1. The maximum atomic E-state index is 5.48. The molecule has 1 atom stereocenters. The van der Waals surface area contributed by atoms with Gasteiger partial charge in [0.25, 0.3) is 0 Å². The van der Waals surface area contributed by atoms with E-state index in [4.69, 9.17) is 17.0 Å². The Bertz CT molecular complexity index is 684. The van der Waals surface area contributed by atoms with Gasteiger partial charge in [-0.05, 0) is 62.7 Å². The lowest BCUT2D eigenvalue weighted by Gasteiger charge is -2.19. The van der Waals surface area contributed by atoms with Crippen LogP contribution in [0.2, 0.25) is 0 Å². The van der Waals surface area contributed by atoms with Gasteiger partial charge in [0.1, 0.15) is 5.75 Å². The fourth-order valence-electron chi connectivity index (χ4n) is 2.69. The van der Waals surface area contributed by atoms with Crippen molar-refractivity contribution < 1.29 is 4.74 Å². The maximum Gasteiger partial charge on any atom is 0.196 e. The molecule has 1 N–H and O–H groups in total. The Kier molecular flexibility index (Phi) is 4.20. The van der Waals surface area contributed by atoms with Gasteiger partial charge in [-0.15, -0.1) is 0 Å². The molecule has 0 saturated heterocycles. The second kappa shape index (κ2) is 6.26. The molecule has 4 nitrogen and oxygen atoms in total. The molecule has 0 fully saturated rings. The van der Waals surface area contributed by atoms with E-state index in [-0.39, 0.29) is 0 Å². The Hall–Kier alpha value is -1.88. The zero-order valence-electron chi connectivity index (χ0n) is 12.1. The molecule has 1 aromatic heterocycles. The van der Waals surface area contributed by atoms with Crippen molar-refractivity contribution in [3.8, 4) is 17.1 Å². The number of hydrogen-bond donors (Lipinski definition) is 1. The van der Waals surface area contributed by atoms with Gasteiger partial charge in [0.2, 0.25) is 0 Å². The third kappa shape index (κ3) is 2.93. The van der Waals surface area contributed by atoms with E-state index in [0.29, 0.717) is 17.4 Å². The molecule has 2 aromatic rings. The van der Waals surface area contributed by atoms with E-state index in [0.717, 1.165) is 30.0 Å². The van der Waals surface area contributed by atoms with Crippen molar-refractivity contribution in [3.63, 3.8) is 0 Å². The van der Waals surface area contributed by atoms with Crippen LogP contribution in [0.3, 0.4) is 0 Å². The Morgan fingerprint density at radius 2 is 2.19 bits per heavy atom. The molecule has 1 aliphatic carbocycles. The first kappa shape index (κ1) is 14.1. The summed E-state index contributed by atoms with van der Waals surface area (Å²) >= 11 is 5.41. The maximum absolute atomic E-state index is 5.48. The van der Waals surface area contributed by atoms with Crippen molar-refractivity contribution in [2.45, 2.75) is 32.2 Å². The molecule has 1 aliphatic rings. The molecule has 0 spiro atoms. The van der Waals surface area contributed by atoms with Gasteiger partial charge < -0.3 is 4.74 Å². The van der Waals surface area contributed by atoms with Crippen LogP contribution in [-0.4, -0.2) is 21.4 Å². The summed E-state index contributed by atoms with van der Waals surface area (Å²) in [6.45, 7) is 2.65. The third-order valence-corrected chi connectivity index (χ3v) is 3.98. The van der Waals surface area contributed by atoms with Crippen LogP contribution in [0.15, 0.2) is 36.4 Å². The van der Waals surface area contributed by atoms with Crippen molar-refractivity contribution in [1.82, 2.24) is 14.8 Å². The van der Waals surface area contributed by atoms with E-state index in [9.17, 15) is 0 Å². The second-order valence-corrected chi connectivity index (χ2v) is 5.49. The van der Waals surface area contributed by atoms with Gasteiger partial charge in [-0.2, -0.15) is 5.10 Å². The lowest BCUT2D eigenvalue weighted by Crippen LogP contribution is -2.10. The number of allylic oxidation sites excluding steroid dienone is 2. The summed E-state index contributed by atoms with van der Waals surface area (Å²) in [6.07, 6.45) is 7.91. The van der Waals surface area contributed by atoms with E-state index in [1.165, 1.54) is 6.42 Å². The number of H-pyrrole nitrogens is 1. The third-order valence-electron chi connectivity index (χ3n) is 3.69. The number of hydrogen-bond acceptors (Lipinski definition) is 3. The van der Waals surface area contributed by atoms with Crippen molar-refractivity contribution in [1.29, 1.82) is 0 Å². The predicted octanol–water partition coefficient (Wildman–Crippen LogP) is 4.29. The molecule has 110 valence electrons. The molecule has 0 amide bonds. The molecule has 0 aliphatic heterocycles. The van der Waals surface area contributed by atoms with E-state index < -0.39 is 0 Å². The highest BCUT2D eigenvalue weighted by Crippen LogP contribution is 2.28. The number of nitrogens with zero attached hydrogens (tertiary/aromatic N) is 2. The van der Waals surface area contributed by atoms with Gasteiger partial charge in [-0.25, -0.2) is 0 Å². The zero-order valence-corrected chi connectivity index (χ0v) is 12.9. The summed E-state index contributed by atoms with van der Waals surface area (Å²) in [5, 5.41) is 7.33. The van der Waals surface area contributed by atoms with Crippen LogP contribution >= 0.6 is 12.2 Å². The average Bonchev–Trinajstić information content (AvgIpc) is 2.91. The Morgan fingerprint density at radius 3 is 2.86 bits per heavy atom. The molecule has 21 heavy (non-hydrogen) atoms. The quantitative estimate of drug-likeness (QED) is 0.677. The SMILES string of the molecule is CCOc1ccc(-c2n[nH]c(=S)n2C2C=CCCC2)cc1. The molecular weight excluding hydrogens is 282 g/mol. The highest BCUT2D eigenvalue weighted by Gasteiger charge is 2.17. The van der Waals surface area contributed by atoms with Gasteiger partial charge in [0, 0.05) is 5.56 Å². The first-order chi connectivity index (χ1) is 10.3. The standard InChI is InChI=1S/C16H19N3OS/c1-2-20-14-10-8-12(9-11-14)15-17-18-16(21)19(15)13-6-4-3-5-7-13/h4,6,8-11,13H,2-3,5,7H2,1H3,(H,18,21). The molecule has 3 rings (SSSR count). The lowest BCUT2D eigenvalue weighted by molar-refractivity contribution is 0.340. The summed E-state index contributed by atoms with van der Waals surface area (Å²) in [6, 6.07) is 8.29. The molecule has 0 bridgehead atoms. The van der Waals surface area contributed by atoms with Gasteiger partial charge >= 0.3 is 0 Å². The van der Waals surface area contributed by atoms with Crippen LogP contribution in [0.5, 0.6) is 5.75 Å². The van der Waals surface area contributed by atoms with Crippen LogP contribution in [-0.2, 0) is 0 Å². The second-order valence-electron chi connectivity index (χ2n) is 5.11. The van der Waals surface area contributed by atoms with Gasteiger partial charge in [0.15, 0.2) is 10.6 Å². The number of aromatic amines is 1. The summed E-state index contributed by atoms with van der Waals surface area (Å²) in [7, 11) is 0. The lowest BCUT2D eigenvalue weighted by atomic mass is 10.0. The Labute approximate surface area is 129 Å². The topological polar surface area (TPSA) is 42.8 Å². The van der Waals surface area contributed by atoms with Gasteiger partial charge in [0.05, 0.1) is 12.6 Å². The summed E-state index contributed by atoms with van der Waals surface area (Å²) in [5.41, 5.74) is 1.05. The van der Waals surface area contributed by atoms with E-state index in [2.05, 4.69) is 26.9 Å². The minimum atomic E-state index is 0.298. The minimum absolute atomic E-state index is 0.298. The highest BCUT2D eigenvalue weighted by atomic mass is 32.1. The van der Waals surface area contributed by atoms with Crippen molar-refractivity contribution in [3.05, 3.63) is 41.2 Å². The number of benzene rings is 1. The molecule has 0 radical (unpaired) electrons. The van der Waals surface area contributed by atoms with Crippen LogP contribution in [0.4, 0.5) is 0 Å². The van der Waals surface area contributed by atoms with Crippen LogP contribution in [0.25, 0.3) is 11.4 Å². The fraction of sp³-hybridized carbons (Fsp3) is 0.375. The van der Waals surface area contributed by atoms with Gasteiger partial charge in [-0.3, -0.25) is 9.67 Å². The normalized spacial score (nSPS) is 17.9. The molecular formula is C16H19N3OS. The minimum Gasteiger partial charge on any atom is -0.494 e. The molecule has 1 heterocycles. The highest BCUT2D eigenvalue weighted by molar-refractivity contribution is 7.71.